The Kier molecular flexibility index (Phi) is 6.28. The first-order valence-corrected chi connectivity index (χ1v) is 9.80. The van der Waals surface area contributed by atoms with Gasteiger partial charge in [0.2, 0.25) is 0 Å². The maximum Gasteiger partial charge on any atom is 0.137 e. The molecule has 28 heavy (non-hydrogen) atoms. The summed E-state index contributed by atoms with van der Waals surface area (Å²) >= 11 is 0. The Morgan fingerprint density at radius 1 is 1.25 bits per heavy atom. The van der Waals surface area contributed by atoms with E-state index in [2.05, 4.69) is 14.8 Å². The van der Waals surface area contributed by atoms with Gasteiger partial charge in [-0.05, 0) is 18.6 Å². The Labute approximate surface area is 163 Å². The Hall–Kier alpha value is -2.49. The van der Waals surface area contributed by atoms with Crippen LogP contribution in [0.4, 0.5) is 8.78 Å². The Balaban J connectivity index is 1.87. The van der Waals surface area contributed by atoms with Gasteiger partial charge in [0.15, 0.2) is 0 Å². The molecule has 1 aromatic heterocycles. The molecule has 0 aliphatic rings. The summed E-state index contributed by atoms with van der Waals surface area (Å²) in [5.74, 6) is -1.69. The van der Waals surface area contributed by atoms with Gasteiger partial charge < -0.3 is 5.11 Å². The number of aliphatic hydroxyl groups is 1. The van der Waals surface area contributed by atoms with Crippen LogP contribution in [0.15, 0.2) is 61.2 Å². The van der Waals surface area contributed by atoms with Crippen molar-refractivity contribution >= 4 is 11.0 Å². The zero-order chi connectivity index (χ0) is 20.1. The molecule has 0 spiro atoms. The fraction of sp³-hybridized carbons (Fsp3) is 0.263. The second-order valence-electron chi connectivity index (χ2n) is 6.39. The third-order valence-electron chi connectivity index (χ3n) is 4.52. The van der Waals surface area contributed by atoms with Crippen molar-refractivity contribution in [3.05, 3.63) is 83.9 Å². The monoisotopic (exact) mass is 406 g/mol. The molecule has 0 radical (unpaired) electrons. The van der Waals surface area contributed by atoms with Crippen molar-refractivity contribution in [2.24, 2.45) is 0 Å². The number of benzene rings is 2. The van der Waals surface area contributed by atoms with E-state index in [-0.39, 0.29) is 12.1 Å². The van der Waals surface area contributed by atoms with Gasteiger partial charge >= 0.3 is 0 Å². The van der Waals surface area contributed by atoms with Crippen LogP contribution in [0.5, 0.6) is 0 Å². The van der Waals surface area contributed by atoms with E-state index >= 15 is 0 Å². The highest BCUT2D eigenvalue weighted by Gasteiger charge is 2.42. The van der Waals surface area contributed by atoms with Crippen LogP contribution in [-0.2, 0) is 29.7 Å². The molecule has 1 heterocycles. The molecule has 9 heteroatoms. The first kappa shape index (κ1) is 20.2. The zero-order valence-electron chi connectivity index (χ0n) is 15.1. The largest absolute Gasteiger partial charge is 0.382 e. The summed E-state index contributed by atoms with van der Waals surface area (Å²) in [6.07, 6.45) is 2.64. The van der Waals surface area contributed by atoms with Crippen LogP contribution in [0.25, 0.3) is 0 Å². The predicted molar refractivity (Wildman–Crippen MR) is 101 cm³/mol. The van der Waals surface area contributed by atoms with Gasteiger partial charge in [0, 0.05) is 18.2 Å². The smallest absolute Gasteiger partial charge is 0.137 e. The molecule has 148 valence electrons. The number of hydrogen-bond donors (Lipinski definition) is 2. The Bertz CT molecular complexity index is 940. The van der Waals surface area contributed by atoms with Gasteiger partial charge in [0.05, 0.1) is 22.8 Å². The normalized spacial score (nSPS) is 15.7. The SMILES string of the molecule is C[C@@H](S(=O)NCc1ccccc1)[C@](O)(Cn1cncn1)c1ccc(F)cc1F. The van der Waals surface area contributed by atoms with Crippen molar-refractivity contribution in [1.29, 1.82) is 0 Å². The van der Waals surface area contributed by atoms with Crippen molar-refractivity contribution in [3.63, 3.8) is 0 Å². The zero-order valence-corrected chi connectivity index (χ0v) is 15.9. The fourth-order valence-corrected chi connectivity index (χ4v) is 4.00. The van der Waals surface area contributed by atoms with E-state index in [4.69, 9.17) is 0 Å². The fourth-order valence-electron chi connectivity index (χ4n) is 2.89. The van der Waals surface area contributed by atoms with E-state index in [0.717, 1.165) is 17.7 Å². The van der Waals surface area contributed by atoms with Crippen LogP contribution in [0.3, 0.4) is 0 Å². The van der Waals surface area contributed by atoms with E-state index < -0.39 is 33.5 Å². The molecule has 0 saturated carbocycles. The molecule has 0 saturated heterocycles. The number of halogens is 2. The van der Waals surface area contributed by atoms with Gasteiger partial charge in [-0.25, -0.2) is 27.4 Å². The van der Waals surface area contributed by atoms with Crippen molar-refractivity contribution in [2.45, 2.75) is 30.9 Å². The summed E-state index contributed by atoms with van der Waals surface area (Å²) < 4.78 is 44.9. The molecule has 0 fully saturated rings. The number of nitrogens with one attached hydrogen (secondary N) is 1. The predicted octanol–water partition coefficient (Wildman–Crippen LogP) is 2.29. The first-order valence-electron chi connectivity index (χ1n) is 8.58. The summed E-state index contributed by atoms with van der Waals surface area (Å²) in [6, 6.07) is 12.2. The van der Waals surface area contributed by atoms with Crippen molar-refractivity contribution in [1.82, 2.24) is 19.5 Å². The minimum absolute atomic E-state index is 0.160. The summed E-state index contributed by atoms with van der Waals surface area (Å²) in [5, 5.41) is 14.4. The van der Waals surface area contributed by atoms with Crippen molar-refractivity contribution in [2.75, 3.05) is 0 Å². The lowest BCUT2D eigenvalue weighted by molar-refractivity contribution is 0.0119. The van der Waals surface area contributed by atoms with Gasteiger partial charge in [-0.1, -0.05) is 36.4 Å². The molecule has 6 nitrogen and oxygen atoms in total. The number of hydrogen-bond acceptors (Lipinski definition) is 4. The van der Waals surface area contributed by atoms with Gasteiger partial charge in [-0.2, -0.15) is 5.10 Å². The van der Waals surface area contributed by atoms with Gasteiger partial charge in [0.25, 0.3) is 0 Å². The maximum absolute atomic E-state index is 14.5. The lowest BCUT2D eigenvalue weighted by atomic mass is 9.90. The molecule has 3 rings (SSSR count). The minimum Gasteiger partial charge on any atom is -0.382 e. The average Bonchev–Trinajstić information content (AvgIpc) is 3.18. The summed E-state index contributed by atoms with van der Waals surface area (Å²) in [6.45, 7) is 1.65. The molecular weight excluding hydrogens is 386 g/mol. The van der Waals surface area contributed by atoms with Crippen molar-refractivity contribution in [3.8, 4) is 0 Å². The lowest BCUT2D eigenvalue weighted by Gasteiger charge is -2.34. The molecule has 2 N–H and O–H groups in total. The van der Waals surface area contributed by atoms with E-state index in [9.17, 15) is 18.1 Å². The lowest BCUT2D eigenvalue weighted by Crippen LogP contribution is -2.47. The molecule has 3 atom stereocenters. The highest BCUT2D eigenvalue weighted by Crippen LogP contribution is 2.32. The third-order valence-corrected chi connectivity index (χ3v) is 5.98. The highest BCUT2D eigenvalue weighted by molar-refractivity contribution is 7.83. The van der Waals surface area contributed by atoms with Crippen molar-refractivity contribution < 1.29 is 18.1 Å². The highest BCUT2D eigenvalue weighted by atomic mass is 32.2. The van der Waals surface area contributed by atoms with E-state index in [1.807, 2.05) is 30.3 Å². The van der Waals surface area contributed by atoms with E-state index in [1.165, 1.54) is 24.3 Å². The van der Waals surface area contributed by atoms with Crippen LogP contribution < -0.4 is 4.72 Å². The number of aromatic nitrogens is 3. The summed E-state index contributed by atoms with van der Waals surface area (Å²) in [5.41, 5.74) is -1.16. The second kappa shape index (κ2) is 8.68. The van der Waals surface area contributed by atoms with Crippen LogP contribution in [0.1, 0.15) is 18.1 Å². The summed E-state index contributed by atoms with van der Waals surface area (Å²) in [7, 11) is -1.73. The van der Waals surface area contributed by atoms with E-state index in [0.29, 0.717) is 12.6 Å². The summed E-state index contributed by atoms with van der Waals surface area (Å²) in [4.78, 5) is 3.81. The Morgan fingerprint density at radius 3 is 2.64 bits per heavy atom. The average molecular weight is 406 g/mol. The molecule has 0 aliphatic heterocycles. The molecular formula is C19H20F2N4O2S. The quantitative estimate of drug-likeness (QED) is 0.602. The molecule has 0 aliphatic carbocycles. The van der Waals surface area contributed by atoms with Gasteiger partial charge in [-0.15, -0.1) is 0 Å². The second-order valence-corrected chi connectivity index (χ2v) is 7.98. The maximum atomic E-state index is 14.5. The topological polar surface area (TPSA) is 80.0 Å². The number of nitrogens with zero attached hydrogens (tertiary/aromatic N) is 3. The van der Waals surface area contributed by atoms with Crippen LogP contribution in [-0.4, -0.2) is 29.3 Å². The van der Waals surface area contributed by atoms with Gasteiger partial charge in [0.1, 0.15) is 29.9 Å². The molecule has 0 amide bonds. The molecule has 3 aromatic rings. The van der Waals surface area contributed by atoms with E-state index in [1.54, 1.807) is 0 Å². The third kappa shape index (κ3) is 4.49. The van der Waals surface area contributed by atoms with Crippen LogP contribution in [0, 0.1) is 11.6 Å². The standard InChI is InChI=1S/C19H20F2N4O2S/c1-14(28(27)24-10-15-5-3-2-4-6-15)19(26,11-25-13-22-12-23-25)17-8-7-16(20)9-18(17)21/h2-9,12-14,24,26H,10-11H2,1H3/t14-,19-,28?/m1/s1. The van der Waals surface area contributed by atoms with Crippen LogP contribution >= 0.6 is 0 Å². The molecule has 0 bridgehead atoms. The Morgan fingerprint density at radius 2 is 2.00 bits per heavy atom. The van der Waals surface area contributed by atoms with Crippen LogP contribution in [0.2, 0.25) is 0 Å². The molecule has 1 unspecified atom stereocenters. The first-order chi connectivity index (χ1) is 13.4. The van der Waals surface area contributed by atoms with Gasteiger partial charge in [-0.3, -0.25) is 0 Å². The number of rotatable bonds is 8. The minimum atomic E-state index is -1.92. The molecule has 2 aromatic carbocycles.